The first-order valence-electron chi connectivity index (χ1n) is 9.89. The second-order valence-electron chi connectivity index (χ2n) is 7.99. The van der Waals surface area contributed by atoms with Gasteiger partial charge in [-0.2, -0.15) is 5.10 Å². The highest BCUT2D eigenvalue weighted by atomic mass is 16.2. The Morgan fingerprint density at radius 2 is 2.15 bits per heavy atom. The van der Waals surface area contributed by atoms with Crippen molar-refractivity contribution in [3.8, 4) is 0 Å². The average Bonchev–Trinajstić information content (AvgIpc) is 3.19. The number of hydrogen-bond acceptors (Lipinski definition) is 4. The Morgan fingerprint density at radius 3 is 2.77 bits per heavy atom. The van der Waals surface area contributed by atoms with Crippen LogP contribution in [0.5, 0.6) is 0 Å². The lowest BCUT2D eigenvalue weighted by Gasteiger charge is -2.40. The van der Waals surface area contributed by atoms with E-state index in [0.29, 0.717) is 5.92 Å². The van der Waals surface area contributed by atoms with Crippen LogP contribution in [0.2, 0.25) is 0 Å². The molecule has 0 radical (unpaired) electrons. The lowest BCUT2D eigenvalue weighted by atomic mass is 9.74. The van der Waals surface area contributed by atoms with Gasteiger partial charge in [0.25, 0.3) is 0 Å². The molecule has 2 heterocycles. The van der Waals surface area contributed by atoms with E-state index in [1.165, 1.54) is 11.3 Å². The molecule has 1 spiro atoms. The molecule has 0 bridgehead atoms. The Balaban J connectivity index is 1.63. The number of aromatic amines is 1. The van der Waals surface area contributed by atoms with Crippen molar-refractivity contribution in [2.45, 2.75) is 50.6 Å². The van der Waals surface area contributed by atoms with Gasteiger partial charge in [-0.15, -0.1) is 0 Å². The zero-order valence-corrected chi connectivity index (χ0v) is 16.7. The van der Waals surface area contributed by atoms with E-state index in [1.807, 2.05) is 23.9 Å². The van der Waals surface area contributed by atoms with Gasteiger partial charge in [-0.3, -0.25) is 5.10 Å². The third-order valence-electron chi connectivity index (χ3n) is 6.38. The van der Waals surface area contributed by atoms with Crippen molar-refractivity contribution in [1.82, 2.24) is 30.2 Å². The fourth-order valence-corrected chi connectivity index (χ4v) is 4.59. The Hall–Kier alpha value is -1.60. The molecular formula is C19H34N6O. The minimum atomic E-state index is 0.0314. The Bertz CT molecular complexity index is 607. The van der Waals surface area contributed by atoms with E-state index in [2.05, 4.69) is 40.6 Å². The topological polar surface area (TPSA) is 67.5 Å². The summed E-state index contributed by atoms with van der Waals surface area (Å²) in [6.45, 7) is 6.69. The maximum atomic E-state index is 12.4. The van der Waals surface area contributed by atoms with E-state index < -0.39 is 0 Å². The van der Waals surface area contributed by atoms with Crippen LogP contribution in [-0.2, 0) is 6.54 Å². The molecule has 7 nitrogen and oxygen atoms in total. The van der Waals surface area contributed by atoms with Crippen LogP contribution in [0.1, 0.15) is 49.8 Å². The normalized spacial score (nSPS) is 26.5. The van der Waals surface area contributed by atoms with Gasteiger partial charge >= 0.3 is 6.03 Å². The summed E-state index contributed by atoms with van der Waals surface area (Å²) in [5.41, 5.74) is 2.58. The molecule has 1 aliphatic heterocycles. The van der Waals surface area contributed by atoms with Gasteiger partial charge in [0.2, 0.25) is 0 Å². The van der Waals surface area contributed by atoms with Crippen LogP contribution >= 0.6 is 0 Å². The minimum Gasteiger partial charge on any atom is -0.323 e. The summed E-state index contributed by atoms with van der Waals surface area (Å²) in [5.74, 6) is 0.499. The SMILES string of the molecule is CCN1CC2(CCC(c3n[nH]cc3CN(C)CCNC)CC2)N(C)C1=O. The predicted octanol–water partition coefficient (Wildman–Crippen LogP) is 1.84. The molecule has 7 heteroatoms. The monoisotopic (exact) mass is 362 g/mol. The Labute approximate surface area is 157 Å². The summed E-state index contributed by atoms with van der Waals surface area (Å²) in [4.78, 5) is 18.7. The van der Waals surface area contributed by atoms with Gasteiger partial charge in [-0.1, -0.05) is 0 Å². The molecule has 2 fully saturated rings. The van der Waals surface area contributed by atoms with E-state index >= 15 is 0 Å². The zero-order chi connectivity index (χ0) is 18.7. The summed E-state index contributed by atoms with van der Waals surface area (Å²) in [6.07, 6.45) is 6.40. The van der Waals surface area contributed by atoms with Crippen LogP contribution in [0, 0.1) is 0 Å². The number of hydrogen-bond donors (Lipinski definition) is 2. The predicted molar refractivity (Wildman–Crippen MR) is 103 cm³/mol. The zero-order valence-electron chi connectivity index (χ0n) is 16.7. The van der Waals surface area contributed by atoms with E-state index in [1.54, 1.807) is 0 Å². The van der Waals surface area contributed by atoms with Crippen molar-refractivity contribution in [1.29, 1.82) is 0 Å². The number of carbonyl (C=O) groups is 1. The molecule has 1 aliphatic carbocycles. The molecule has 1 saturated carbocycles. The van der Waals surface area contributed by atoms with Crippen LogP contribution in [0.15, 0.2) is 6.20 Å². The summed E-state index contributed by atoms with van der Waals surface area (Å²) >= 11 is 0. The average molecular weight is 363 g/mol. The number of nitrogens with zero attached hydrogens (tertiary/aromatic N) is 4. The number of carbonyl (C=O) groups excluding carboxylic acids is 1. The quantitative estimate of drug-likeness (QED) is 0.777. The van der Waals surface area contributed by atoms with Crippen molar-refractivity contribution < 1.29 is 4.79 Å². The standard InChI is InChI=1S/C19H34N6O/c1-5-25-14-19(24(4)18(25)26)8-6-15(7-9-19)17-16(12-21-22-17)13-23(3)11-10-20-2/h12,15,20H,5-11,13-14H2,1-4H3,(H,21,22). The minimum absolute atomic E-state index is 0.0314. The van der Waals surface area contributed by atoms with Gasteiger partial charge in [0, 0.05) is 57.4 Å². The van der Waals surface area contributed by atoms with Gasteiger partial charge in [0.05, 0.1) is 11.2 Å². The lowest BCUT2D eigenvalue weighted by Crippen LogP contribution is -2.47. The van der Waals surface area contributed by atoms with Crippen LogP contribution in [0.3, 0.4) is 0 Å². The number of H-pyrrole nitrogens is 1. The van der Waals surface area contributed by atoms with Crippen molar-refractivity contribution >= 4 is 6.03 Å². The summed E-state index contributed by atoms with van der Waals surface area (Å²) in [6, 6.07) is 0.192. The molecule has 2 aliphatic rings. The first-order valence-corrected chi connectivity index (χ1v) is 9.89. The first-order chi connectivity index (χ1) is 12.5. The number of urea groups is 1. The maximum absolute atomic E-state index is 12.4. The smallest absolute Gasteiger partial charge is 0.320 e. The molecule has 0 unspecified atom stereocenters. The fraction of sp³-hybridized carbons (Fsp3) is 0.789. The van der Waals surface area contributed by atoms with Gasteiger partial charge < -0.3 is 20.0 Å². The lowest BCUT2D eigenvalue weighted by molar-refractivity contribution is 0.132. The number of nitrogens with one attached hydrogen (secondary N) is 2. The van der Waals surface area contributed by atoms with Gasteiger partial charge in [-0.25, -0.2) is 4.79 Å². The number of likely N-dealkylation sites (N-methyl/N-ethyl adjacent to an activating group) is 4. The Kier molecular flexibility index (Phi) is 5.87. The molecule has 2 N–H and O–H groups in total. The fourth-order valence-electron chi connectivity index (χ4n) is 4.59. The number of rotatable bonds is 7. The molecule has 1 aromatic heterocycles. The van der Waals surface area contributed by atoms with Gasteiger partial charge in [-0.05, 0) is 46.7 Å². The molecule has 1 saturated heterocycles. The van der Waals surface area contributed by atoms with Crippen LogP contribution in [0.25, 0.3) is 0 Å². The molecule has 0 atom stereocenters. The van der Waals surface area contributed by atoms with Crippen molar-refractivity contribution in [3.63, 3.8) is 0 Å². The molecule has 26 heavy (non-hydrogen) atoms. The highest BCUT2D eigenvalue weighted by Gasteiger charge is 2.49. The van der Waals surface area contributed by atoms with E-state index in [-0.39, 0.29) is 11.6 Å². The largest absolute Gasteiger partial charge is 0.323 e. The number of amides is 2. The molecule has 146 valence electrons. The number of aromatic nitrogens is 2. The van der Waals surface area contributed by atoms with Crippen molar-refractivity contribution in [2.24, 2.45) is 0 Å². The Morgan fingerprint density at radius 1 is 1.42 bits per heavy atom. The van der Waals surface area contributed by atoms with E-state index in [4.69, 9.17) is 0 Å². The third kappa shape index (κ3) is 3.60. The van der Waals surface area contributed by atoms with Crippen LogP contribution in [-0.4, -0.2) is 83.8 Å². The first kappa shape index (κ1) is 19.2. The summed E-state index contributed by atoms with van der Waals surface area (Å²) in [5, 5.41) is 10.9. The van der Waals surface area contributed by atoms with E-state index in [9.17, 15) is 4.79 Å². The molecule has 2 amide bonds. The molecule has 0 aromatic carbocycles. The van der Waals surface area contributed by atoms with Crippen molar-refractivity contribution in [3.05, 3.63) is 17.5 Å². The van der Waals surface area contributed by atoms with E-state index in [0.717, 1.165) is 58.4 Å². The second-order valence-corrected chi connectivity index (χ2v) is 7.99. The molecular weight excluding hydrogens is 328 g/mol. The van der Waals surface area contributed by atoms with Gasteiger partial charge in [0.15, 0.2) is 0 Å². The highest BCUT2D eigenvalue weighted by Crippen LogP contribution is 2.44. The highest BCUT2D eigenvalue weighted by molar-refractivity contribution is 5.77. The van der Waals surface area contributed by atoms with Gasteiger partial charge in [0.1, 0.15) is 0 Å². The maximum Gasteiger partial charge on any atom is 0.320 e. The van der Waals surface area contributed by atoms with Crippen molar-refractivity contribution in [2.75, 3.05) is 47.3 Å². The second kappa shape index (κ2) is 7.96. The summed E-state index contributed by atoms with van der Waals surface area (Å²) in [7, 11) is 6.12. The third-order valence-corrected chi connectivity index (χ3v) is 6.38. The molecule has 1 aromatic rings. The van der Waals surface area contributed by atoms with Crippen LogP contribution in [0.4, 0.5) is 4.79 Å². The van der Waals surface area contributed by atoms with Crippen LogP contribution < -0.4 is 5.32 Å². The summed E-state index contributed by atoms with van der Waals surface area (Å²) < 4.78 is 0. The molecule has 3 rings (SSSR count).